The molecule has 1 amide bonds. The quantitative estimate of drug-likeness (QED) is 0.393. The highest BCUT2D eigenvalue weighted by Crippen LogP contribution is 2.43. The molecule has 3 rings (SSSR count). The highest BCUT2D eigenvalue weighted by Gasteiger charge is 2.51. The molecule has 0 bridgehead atoms. The van der Waals surface area contributed by atoms with Crippen molar-refractivity contribution in [1.29, 1.82) is 0 Å². The van der Waals surface area contributed by atoms with Gasteiger partial charge in [-0.2, -0.15) is 13.2 Å². The molecule has 1 aliphatic heterocycles. The van der Waals surface area contributed by atoms with E-state index in [0.717, 1.165) is 35.2 Å². The molecular weight excluding hydrogens is 413 g/mol. The van der Waals surface area contributed by atoms with Gasteiger partial charge >= 0.3 is 6.18 Å². The number of hydrazine groups is 1. The lowest BCUT2D eigenvalue weighted by atomic mass is 9.91. The van der Waals surface area contributed by atoms with Crippen LogP contribution in [0.15, 0.2) is 36.4 Å². The van der Waals surface area contributed by atoms with Crippen LogP contribution in [0.3, 0.4) is 0 Å². The van der Waals surface area contributed by atoms with E-state index in [1.54, 1.807) is 32.0 Å². The van der Waals surface area contributed by atoms with Crippen LogP contribution in [-0.2, 0) is 11.2 Å². The van der Waals surface area contributed by atoms with Gasteiger partial charge in [0.25, 0.3) is 0 Å². The van der Waals surface area contributed by atoms with Crippen LogP contribution in [-0.4, -0.2) is 23.6 Å². The summed E-state index contributed by atoms with van der Waals surface area (Å²) in [6, 6.07) is 8.90. The molecule has 0 aromatic heterocycles. The van der Waals surface area contributed by atoms with Gasteiger partial charge < -0.3 is 0 Å². The number of nitrogens with zero attached hydrogens (tertiary/aromatic N) is 1. The Hall–Kier alpha value is -2.08. The minimum Gasteiger partial charge on any atom is -0.287 e. The van der Waals surface area contributed by atoms with Gasteiger partial charge in [0.05, 0.1) is 5.41 Å². The Morgan fingerprint density at radius 1 is 0.969 bits per heavy atom. The van der Waals surface area contributed by atoms with Crippen molar-refractivity contribution in [1.82, 2.24) is 10.4 Å². The summed E-state index contributed by atoms with van der Waals surface area (Å²) in [4.78, 5) is 12.2. The predicted molar refractivity (Wildman–Crippen MR) is 123 cm³/mol. The second-order valence-electron chi connectivity index (χ2n) is 9.63. The van der Waals surface area contributed by atoms with E-state index >= 15 is 0 Å². The number of unbranched alkanes of at least 4 members (excludes halogenated alkanes) is 6. The van der Waals surface area contributed by atoms with Crippen molar-refractivity contribution in [2.45, 2.75) is 84.4 Å². The van der Waals surface area contributed by atoms with E-state index in [0.29, 0.717) is 5.39 Å². The highest BCUT2D eigenvalue weighted by molar-refractivity contribution is 5.89. The lowest BCUT2D eigenvalue weighted by molar-refractivity contribution is -0.191. The van der Waals surface area contributed by atoms with E-state index in [1.165, 1.54) is 32.1 Å². The number of alkyl halides is 3. The number of hydrogen-bond donors (Lipinski definition) is 1. The Labute approximate surface area is 189 Å². The maximum Gasteiger partial charge on any atom is 0.409 e. The first-order valence-corrected chi connectivity index (χ1v) is 11.8. The van der Waals surface area contributed by atoms with Crippen LogP contribution in [0.2, 0.25) is 0 Å². The van der Waals surface area contributed by atoms with Crippen molar-refractivity contribution in [3.8, 4) is 0 Å². The molecule has 176 valence electrons. The van der Waals surface area contributed by atoms with Crippen LogP contribution in [0.25, 0.3) is 10.8 Å². The van der Waals surface area contributed by atoms with E-state index in [9.17, 15) is 18.0 Å². The zero-order valence-corrected chi connectivity index (χ0v) is 19.4. The average molecular weight is 449 g/mol. The van der Waals surface area contributed by atoms with Gasteiger partial charge in [-0.15, -0.1) is 0 Å². The molecule has 1 heterocycles. The Balaban J connectivity index is 1.84. The monoisotopic (exact) mass is 448 g/mol. The Morgan fingerprint density at radius 2 is 1.59 bits per heavy atom. The molecule has 1 saturated heterocycles. The fourth-order valence-corrected chi connectivity index (χ4v) is 4.61. The zero-order chi connectivity index (χ0) is 23.4. The number of aryl methyl sites for hydroxylation is 1. The molecule has 1 fully saturated rings. The maximum absolute atomic E-state index is 14.2. The number of nitrogens with one attached hydrogen (secondary N) is 1. The molecule has 0 spiro atoms. The summed E-state index contributed by atoms with van der Waals surface area (Å²) in [6.45, 7) is 5.54. The number of hydrogen-bond acceptors (Lipinski definition) is 2. The Morgan fingerprint density at radius 3 is 2.19 bits per heavy atom. The second-order valence-corrected chi connectivity index (χ2v) is 9.63. The third-order valence-electron chi connectivity index (χ3n) is 6.44. The Kier molecular flexibility index (Phi) is 7.86. The molecule has 1 N–H and O–H groups in total. The van der Waals surface area contributed by atoms with Gasteiger partial charge in [-0.1, -0.05) is 81.8 Å². The molecule has 2 aromatic rings. The fourth-order valence-electron chi connectivity index (χ4n) is 4.61. The number of carbonyl (C=O) groups excluding carboxylic acids is 1. The lowest BCUT2D eigenvalue weighted by Gasteiger charge is -2.31. The van der Waals surface area contributed by atoms with Crippen LogP contribution in [0.1, 0.15) is 82.9 Å². The molecule has 1 aliphatic rings. The van der Waals surface area contributed by atoms with Crippen molar-refractivity contribution in [2.24, 2.45) is 5.41 Å². The maximum atomic E-state index is 14.2. The molecule has 0 radical (unpaired) electrons. The van der Waals surface area contributed by atoms with Crippen molar-refractivity contribution >= 4 is 16.7 Å². The third-order valence-corrected chi connectivity index (χ3v) is 6.44. The topological polar surface area (TPSA) is 32.3 Å². The van der Waals surface area contributed by atoms with Gasteiger partial charge in [-0.25, -0.2) is 5.01 Å². The smallest absolute Gasteiger partial charge is 0.287 e. The molecule has 0 saturated carbocycles. The molecule has 0 unspecified atom stereocenters. The van der Waals surface area contributed by atoms with Crippen molar-refractivity contribution < 1.29 is 18.0 Å². The molecular formula is C26H35F3N2O. The van der Waals surface area contributed by atoms with Crippen molar-refractivity contribution in [3.05, 3.63) is 47.5 Å². The predicted octanol–water partition coefficient (Wildman–Crippen LogP) is 7.11. The SMILES string of the molecule is CCCCCCCCCc1ccc([C@H](N2CC(C)(C)C(=O)N2)C(F)(F)F)c2ccccc12. The van der Waals surface area contributed by atoms with Crippen LogP contribution >= 0.6 is 0 Å². The standard InChI is InChI=1S/C26H35F3N2O/c1-4-5-6-7-8-9-10-13-19-16-17-22(21-15-12-11-14-20(19)21)23(26(27,28)29)31-18-25(2,3)24(32)30-31/h11-12,14-17,23H,4-10,13,18H2,1-3H3,(H,30,32)/t23-/m0/s1. The summed E-state index contributed by atoms with van der Waals surface area (Å²) in [5.41, 5.74) is 2.88. The van der Waals surface area contributed by atoms with E-state index in [2.05, 4.69) is 12.3 Å². The first-order chi connectivity index (χ1) is 15.1. The third kappa shape index (κ3) is 5.64. The molecule has 6 heteroatoms. The van der Waals surface area contributed by atoms with Crippen LogP contribution in [0.4, 0.5) is 13.2 Å². The number of halogens is 3. The summed E-state index contributed by atoms with van der Waals surface area (Å²) in [5.74, 6) is -0.383. The fraction of sp³-hybridized carbons (Fsp3) is 0.577. The second kappa shape index (κ2) is 10.2. The number of rotatable bonds is 10. The summed E-state index contributed by atoms with van der Waals surface area (Å²) in [7, 11) is 0. The molecule has 32 heavy (non-hydrogen) atoms. The van der Waals surface area contributed by atoms with Gasteiger partial charge in [0.2, 0.25) is 5.91 Å². The van der Waals surface area contributed by atoms with Gasteiger partial charge in [0, 0.05) is 6.54 Å². The number of carbonyl (C=O) groups is 1. The summed E-state index contributed by atoms with van der Waals surface area (Å²) in [5, 5.41) is 2.53. The van der Waals surface area contributed by atoms with E-state index < -0.39 is 17.6 Å². The van der Waals surface area contributed by atoms with Crippen LogP contribution in [0, 0.1) is 5.41 Å². The van der Waals surface area contributed by atoms with E-state index in [4.69, 9.17) is 0 Å². The summed E-state index contributed by atoms with van der Waals surface area (Å²) in [6.07, 6.45) is 4.76. The van der Waals surface area contributed by atoms with Crippen molar-refractivity contribution in [3.63, 3.8) is 0 Å². The molecule has 1 atom stereocenters. The van der Waals surface area contributed by atoms with Crippen molar-refractivity contribution in [2.75, 3.05) is 6.54 Å². The van der Waals surface area contributed by atoms with Gasteiger partial charge in [0.15, 0.2) is 6.04 Å². The van der Waals surface area contributed by atoms with Gasteiger partial charge in [-0.3, -0.25) is 10.2 Å². The highest BCUT2D eigenvalue weighted by atomic mass is 19.4. The normalized spacial score (nSPS) is 17.6. The minimum atomic E-state index is -4.52. The summed E-state index contributed by atoms with van der Waals surface area (Å²) >= 11 is 0. The van der Waals surface area contributed by atoms with E-state index in [-0.39, 0.29) is 18.0 Å². The average Bonchev–Trinajstić information content (AvgIpc) is 2.99. The lowest BCUT2D eigenvalue weighted by Crippen LogP contribution is -2.43. The van der Waals surface area contributed by atoms with Gasteiger partial charge in [0.1, 0.15) is 0 Å². The largest absolute Gasteiger partial charge is 0.409 e. The number of fused-ring (bicyclic) bond motifs is 1. The Bertz CT molecular complexity index is 923. The first-order valence-electron chi connectivity index (χ1n) is 11.8. The molecule has 0 aliphatic carbocycles. The van der Waals surface area contributed by atoms with Crippen LogP contribution in [0.5, 0.6) is 0 Å². The number of amides is 1. The zero-order valence-electron chi connectivity index (χ0n) is 19.4. The summed E-state index contributed by atoms with van der Waals surface area (Å²) < 4.78 is 42.7. The first kappa shape index (κ1) is 24.6. The van der Waals surface area contributed by atoms with Gasteiger partial charge in [-0.05, 0) is 48.6 Å². The molecule has 3 nitrogen and oxygen atoms in total. The minimum absolute atomic E-state index is 0.00409. The molecule has 2 aromatic carbocycles. The van der Waals surface area contributed by atoms with Crippen LogP contribution < -0.4 is 5.43 Å². The number of benzene rings is 2. The van der Waals surface area contributed by atoms with E-state index in [1.807, 2.05) is 18.2 Å².